The van der Waals surface area contributed by atoms with Crippen LogP contribution >= 0.6 is 0 Å². The third-order valence-electron chi connectivity index (χ3n) is 1.45. The lowest BCUT2D eigenvalue weighted by atomic mass is 10.3. The van der Waals surface area contributed by atoms with Crippen LogP contribution in [0.3, 0.4) is 0 Å². The van der Waals surface area contributed by atoms with Crippen molar-refractivity contribution in [3.8, 4) is 5.75 Å². The first-order valence-corrected chi connectivity index (χ1v) is 5.11. The number of anilines is 1. The van der Waals surface area contributed by atoms with Crippen LogP contribution in [0.5, 0.6) is 5.75 Å². The fraction of sp³-hybridized carbons (Fsp3) is 0.455. The molecule has 1 rings (SSSR count). The van der Waals surface area contributed by atoms with E-state index in [1.807, 2.05) is 20.8 Å². The van der Waals surface area contributed by atoms with Crippen molar-refractivity contribution < 1.29 is 17.9 Å². The van der Waals surface area contributed by atoms with Gasteiger partial charge in [0.1, 0.15) is 5.75 Å². The van der Waals surface area contributed by atoms with Crippen molar-refractivity contribution in [2.45, 2.75) is 27.1 Å². The highest BCUT2D eigenvalue weighted by atomic mass is 19.4. The smallest absolute Gasteiger partial charge is 0.406 e. The largest absolute Gasteiger partial charge is 0.573 e. The Bertz CT molecular complexity index is 300. The molecule has 0 fully saturated rings. The van der Waals surface area contributed by atoms with Crippen LogP contribution in [0, 0.1) is 0 Å². The van der Waals surface area contributed by atoms with Gasteiger partial charge in [-0.15, -0.1) is 13.2 Å². The van der Waals surface area contributed by atoms with Crippen LogP contribution in [0.1, 0.15) is 20.8 Å². The molecule has 0 aliphatic heterocycles. The monoisotopic (exact) mass is 235 g/mol. The van der Waals surface area contributed by atoms with Gasteiger partial charge in [-0.1, -0.05) is 19.9 Å². The quantitative estimate of drug-likeness (QED) is 0.853. The van der Waals surface area contributed by atoms with Crippen molar-refractivity contribution in [1.29, 1.82) is 0 Å². The second-order valence-corrected chi connectivity index (χ2v) is 2.61. The molecule has 0 unspecified atom stereocenters. The summed E-state index contributed by atoms with van der Waals surface area (Å²) in [7, 11) is 0. The predicted molar refractivity (Wildman–Crippen MR) is 58.6 cm³/mol. The first-order valence-electron chi connectivity index (χ1n) is 5.11. The van der Waals surface area contributed by atoms with E-state index in [0.29, 0.717) is 12.2 Å². The fourth-order valence-electron chi connectivity index (χ4n) is 1.01. The third-order valence-corrected chi connectivity index (χ3v) is 1.45. The first kappa shape index (κ1) is 14.6. The molecule has 2 nitrogen and oxygen atoms in total. The summed E-state index contributed by atoms with van der Waals surface area (Å²) in [6, 6.07) is 5.73. The van der Waals surface area contributed by atoms with Gasteiger partial charge in [0, 0.05) is 18.3 Å². The summed E-state index contributed by atoms with van der Waals surface area (Å²) in [6.07, 6.45) is -4.63. The minimum absolute atomic E-state index is 0.212. The molecule has 0 spiro atoms. The van der Waals surface area contributed by atoms with Gasteiger partial charge in [0.05, 0.1) is 0 Å². The van der Waals surface area contributed by atoms with E-state index in [0.717, 1.165) is 0 Å². The minimum Gasteiger partial charge on any atom is -0.406 e. The Labute approximate surface area is 93.4 Å². The number of alkyl halides is 3. The van der Waals surface area contributed by atoms with E-state index in [4.69, 9.17) is 0 Å². The number of ether oxygens (including phenoxy) is 1. The molecular weight excluding hydrogens is 219 g/mol. The van der Waals surface area contributed by atoms with Gasteiger partial charge in [0.2, 0.25) is 0 Å². The molecule has 16 heavy (non-hydrogen) atoms. The normalized spacial score (nSPS) is 10.1. The number of benzene rings is 1. The van der Waals surface area contributed by atoms with E-state index >= 15 is 0 Å². The van der Waals surface area contributed by atoms with Gasteiger partial charge in [-0.3, -0.25) is 0 Å². The van der Waals surface area contributed by atoms with E-state index in [9.17, 15) is 13.2 Å². The molecule has 0 amide bonds. The average molecular weight is 235 g/mol. The van der Waals surface area contributed by atoms with Gasteiger partial charge >= 0.3 is 6.36 Å². The standard InChI is InChI=1S/C9H10F3NO.C2H6/c1-2-13-7-4-3-5-8(6-7)14-9(10,11)12;1-2/h3-6,13H,2H2,1H3;1-2H3. The Balaban J connectivity index is 0.00000106. The summed E-state index contributed by atoms with van der Waals surface area (Å²) in [6.45, 7) is 6.51. The molecule has 92 valence electrons. The van der Waals surface area contributed by atoms with Crippen LogP contribution < -0.4 is 10.1 Å². The van der Waals surface area contributed by atoms with Gasteiger partial charge in [0.25, 0.3) is 0 Å². The molecule has 0 bridgehead atoms. The van der Waals surface area contributed by atoms with Crippen LogP contribution in [0.15, 0.2) is 24.3 Å². The van der Waals surface area contributed by atoms with Crippen molar-refractivity contribution in [2.24, 2.45) is 0 Å². The van der Waals surface area contributed by atoms with Crippen molar-refractivity contribution in [1.82, 2.24) is 0 Å². The molecule has 0 atom stereocenters. The Morgan fingerprint density at radius 1 is 1.25 bits per heavy atom. The highest BCUT2D eigenvalue weighted by Crippen LogP contribution is 2.24. The van der Waals surface area contributed by atoms with Gasteiger partial charge < -0.3 is 10.1 Å². The lowest BCUT2D eigenvalue weighted by molar-refractivity contribution is -0.274. The summed E-state index contributed by atoms with van der Waals surface area (Å²) in [5, 5.41) is 2.89. The minimum atomic E-state index is -4.63. The SMILES string of the molecule is CC.CCNc1cccc(OC(F)(F)F)c1. The lowest BCUT2D eigenvalue weighted by Gasteiger charge is -2.10. The molecule has 0 aliphatic carbocycles. The van der Waals surface area contributed by atoms with E-state index in [-0.39, 0.29) is 5.75 Å². The van der Waals surface area contributed by atoms with Gasteiger partial charge in [-0.05, 0) is 19.1 Å². The van der Waals surface area contributed by atoms with E-state index < -0.39 is 6.36 Å². The zero-order chi connectivity index (χ0) is 12.6. The highest BCUT2D eigenvalue weighted by molar-refractivity contribution is 5.47. The van der Waals surface area contributed by atoms with E-state index in [1.54, 1.807) is 6.07 Å². The Morgan fingerprint density at radius 2 is 1.88 bits per heavy atom. The number of halogens is 3. The molecule has 0 heterocycles. The molecule has 1 aromatic rings. The summed E-state index contributed by atoms with van der Waals surface area (Å²) >= 11 is 0. The topological polar surface area (TPSA) is 21.3 Å². The third kappa shape index (κ3) is 6.16. The van der Waals surface area contributed by atoms with Crippen molar-refractivity contribution in [2.75, 3.05) is 11.9 Å². The van der Waals surface area contributed by atoms with Crippen molar-refractivity contribution in [3.63, 3.8) is 0 Å². The second-order valence-electron chi connectivity index (χ2n) is 2.61. The lowest BCUT2D eigenvalue weighted by Crippen LogP contribution is -2.17. The van der Waals surface area contributed by atoms with Crippen LogP contribution in [-0.2, 0) is 0 Å². The Kier molecular flexibility index (Phi) is 6.37. The summed E-state index contributed by atoms with van der Waals surface area (Å²) in [4.78, 5) is 0. The highest BCUT2D eigenvalue weighted by Gasteiger charge is 2.31. The Morgan fingerprint density at radius 3 is 2.38 bits per heavy atom. The summed E-state index contributed by atoms with van der Waals surface area (Å²) < 4.78 is 39.2. The molecule has 0 aromatic heterocycles. The average Bonchev–Trinajstić information content (AvgIpc) is 2.19. The summed E-state index contributed by atoms with van der Waals surface area (Å²) in [5.74, 6) is -0.212. The molecule has 0 aliphatic rings. The first-order chi connectivity index (χ1) is 7.51. The van der Waals surface area contributed by atoms with Gasteiger partial charge in [-0.2, -0.15) is 0 Å². The Hall–Kier alpha value is -1.39. The molecular formula is C11H16F3NO. The molecule has 1 N–H and O–H groups in total. The molecule has 0 radical (unpaired) electrons. The van der Waals surface area contributed by atoms with Gasteiger partial charge in [-0.25, -0.2) is 0 Å². The fourth-order valence-corrected chi connectivity index (χ4v) is 1.01. The molecule has 1 aromatic carbocycles. The predicted octanol–water partition coefficient (Wildman–Crippen LogP) is 4.04. The zero-order valence-electron chi connectivity index (χ0n) is 9.56. The van der Waals surface area contributed by atoms with Crippen LogP contribution in [0.25, 0.3) is 0 Å². The number of rotatable bonds is 3. The molecule has 0 saturated carbocycles. The summed E-state index contributed by atoms with van der Waals surface area (Å²) in [5.41, 5.74) is 0.606. The second kappa shape index (κ2) is 6.98. The zero-order valence-corrected chi connectivity index (χ0v) is 9.56. The molecule has 0 saturated heterocycles. The van der Waals surface area contributed by atoms with Crippen molar-refractivity contribution in [3.05, 3.63) is 24.3 Å². The van der Waals surface area contributed by atoms with Crippen molar-refractivity contribution >= 4 is 5.69 Å². The number of nitrogens with one attached hydrogen (secondary N) is 1. The van der Waals surface area contributed by atoms with Gasteiger partial charge in [0.15, 0.2) is 0 Å². The molecule has 5 heteroatoms. The maximum atomic E-state index is 11.8. The maximum absolute atomic E-state index is 11.8. The maximum Gasteiger partial charge on any atom is 0.573 e. The van der Waals surface area contributed by atoms with Crippen LogP contribution in [-0.4, -0.2) is 12.9 Å². The van der Waals surface area contributed by atoms with E-state index in [1.165, 1.54) is 18.2 Å². The number of hydrogen-bond donors (Lipinski definition) is 1. The number of hydrogen-bond acceptors (Lipinski definition) is 2. The van der Waals surface area contributed by atoms with E-state index in [2.05, 4.69) is 10.1 Å². The van der Waals surface area contributed by atoms with Crippen LogP contribution in [0.4, 0.5) is 18.9 Å². The van der Waals surface area contributed by atoms with Crippen LogP contribution in [0.2, 0.25) is 0 Å².